The lowest BCUT2D eigenvalue weighted by atomic mass is 10.0. The quantitative estimate of drug-likeness (QED) is 0.664. The number of hydrogen-bond acceptors (Lipinski definition) is 3. The van der Waals surface area contributed by atoms with Crippen LogP contribution in [0.4, 0.5) is 0 Å². The van der Waals surface area contributed by atoms with Crippen LogP contribution in [0.25, 0.3) is 22.0 Å². The number of pyridine rings is 1. The van der Waals surface area contributed by atoms with Gasteiger partial charge in [-0.15, -0.1) is 0 Å². The maximum Gasteiger partial charge on any atom is 0.130 e. The minimum Gasteiger partial charge on any atom is -0.497 e. The van der Waals surface area contributed by atoms with Gasteiger partial charge in [0.25, 0.3) is 0 Å². The van der Waals surface area contributed by atoms with E-state index < -0.39 is 0 Å². The molecule has 0 N–H and O–H groups in total. The lowest BCUT2D eigenvalue weighted by molar-refractivity contribution is 0.415. The summed E-state index contributed by atoms with van der Waals surface area (Å²) in [5, 5.41) is 1.49. The standard InChI is InChI=1S/C17H14ClNO2/c1-20-12-5-3-11(4-6-12)15-10-17(18)19-16-9-13(21-2)7-8-14(15)16/h3-10H,1-2H3. The SMILES string of the molecule is COc1ccc(-c2cc(Cl)nc3cc(OC)ccc23)cc1. The molecule has 0 bridgehead atoms. The molecule has 1 heterocycles. The van der Waals surface area contributed by atoms with Crippen molar-refractivity contribution in [3.63, 3.8) is 0 Å². The van der Waals surface area contributed by atoms with Crippen molar-refractivity contribution >= 4 is 22.5 Å². The van der Waals surface area contributed by atoms with Crippen molar-refractivity contribution in [3.8, 4) is 22.6 Å². The molecule has 3 aromatic rings. The van der Waals surface area contributed by atoms with Gasteiger partial charge < -0.3 is 9.47 Å². The van der Waals surface area contributed by atoms with Gasteiger partial charge in [0.1, 0.15) is 16.7 Å². The number of aromatic nitrogens is 1. The first-order chi connectivity index (χ1) is 10.2. The fourth-order valence-corrected chi connectivity index (χ4v) is 2.51. The van der Waals surface area contributed by atoms with E-state index in [1.807, 2.05) is 48.5 Å². The van der Waals surface area contributed by atoms with Crippen LogP contribution in [-0.2, 0) is 0 Å². The van der Waals surface area contributed by atoms with Crippen LogP contribution in [-0.4, -0.2) is 19.2 Å². The molecule has 4 heteroatoms. The van der Waals surface area contributed by atoms with E-state index in [2.05, 4.69) is 4.98 Å². The smallest absolute Gasteiger partial charge is 0.130 e. The number of nitrogens with zero attached hydrogens (tertiary/aromatic N) is 1. The van der Waals surface area contributed by atoms with Crippen molar-refractivity contribution in [3.05, 3.63) is 53.7 Å². The Morgan fingerprint density at radius 1 is 0.857 bits per heavy atom. The highest BCUT2D eigenvalue weighted by molar-refractivity contribution is 6.30. The Bertz CT molecular complexity index is 785. The highest BCUT2D eigenvalue weighted by Crippen LogP contribution is 2.32. The highest BCUT2D eigenvalue weighted by atomic mass is 35.5. The first kappa shape index (κ1) is 13.7. The van der Waals surface area contributed by atoms with Gasteiger partial charge in [0.05, 0.1) is 19.7 Å². The van der Waals surface area contributed by atoms with Crippen molar-refractivity contribution in [2.24, 2.45) is 0 Å². The maximum absolute atomic E-state index is 6.15. The average Bonchev–Trinajstić information content (AvgIpc) is 2.53. The monoisotopic (exact) mass is 299 g/mol. The normalized spacial score (nSPS) is 10.6. The summed E-state index contributed by atoms with van der Waals surface area (Å²) in [6.07, 6.45) is 0. The number of halogens is 1. The van der Waals surface area contributed by atoms with Crippen LogP contribution in [0.2, 0.25) is 5.15 Å². The van der Waals surface area contributed by atoms with Crippen LogP contribution < -0.4 is 9.47 Å². The Balaban J connectivity index is 2.20. The summed E-state index contributed by atoms with van der Waals surface area (Å²) in [6, 6.07) is 15.6. The van der Waals surface area contributed by atoms with Crippen molar-refractivity contribution in [1.82, 2.24) is 4.98 Å². The molecule has 0 saturated carbocycles. The largest absolute Gasteiger partial charge is 0.497 e. The molecular formula is C17H14ClNO2. The summed E-state index contributed by atoms with van der Waals surface area (Å²) in [5.74, 6) is 1.59. The zero-order valence-corrected chi connectivity index (χ0v) is 12.5. The fourth-order valence-electron chi connectivity index (χ4n) is 2.31. The topological polar surface area (TPSA) is 31.4 Å². The third-order valence-corrected chi connectivity index (χ3v) is 3.58. The van der Waals surface area contributed by atoms with Crippen LogP contribution in [0.1, 0.15) is 0 Å². The molecule has 0 fully saturated rings. The maximum atomic E-state index is 6.15. The van der Waals surface area contributed by atoms with E-state index in [1.54, 1.807) is 14.2 Å². The zero-order valence-electron chi connectivity index (χ0n) is 11.8. The molecule has 1 aromatic heterocycles. The van der Waals surface area contributed by atoms with Gasteiger partial charge in [0.15, 0.2) is 0 Å². The fraction of sp³-hybridized carbons (Fsp3) is 0.118. The number of ether oxygens (including phenoxy) is 2. The number of fused-ring (bicyclic) bond motifs is 1. The summed E-state index contributed by atoms with van der Waals surface area (Å²) in [6.45, 7) is 0. The van der Waals surface area contributed by atoms with E-state index in [0.29, 0.717) is 5.15 Å². The molecule has 0 unspecified atom stereocenters. The molecule has 2 aromatic carbocycles. The molecule has 0 aliphatic carbocycles. The molecule has 0 spiro atoms. The van der Waals surface area contributed by atoms with Crippen LogP contribution >= 0.6 is 11.6 Å². The third kappa shape index (κ3) is 2.65. The molecular weight excluding hydrogens is 286 g/mol. The molecule has 0 aliphatic heterocycles. The van der Waals surface area contributed by atoms with Crippen LogP contribution in [0.15, 0.2) is 48.5 Å². The molecule has 3 rings (SSSR count). The summed E-state index contributed by atoms with van der Waals surface area (Å²) in [4.78, 5) is 4.36. The second-order valence-electron chi connectivity index (χ2n) is 4.60. The number of methoxy groups -OCH3 is 2. The van der Waals surface area contributed by atoms with E-state index in [9.17, 15) is 0 Å². The van der Waals surface area contributed by atoms with Gasteiger partial charge in [0, 0.05) is 11.5 Å². The first-order valence-corrected chi connectivity index (χ1v) is 6.88. The van der Waals surface area contributed by atoms with E-state index in [0.717, 1.165) is 33.5 Å². The predicted molar refractivity (Wildman–Crippen MR) is 85.3 cm³/mol. The van der Waals surface area contributed by atoms with E-state index in [-0.39, 0.29) is 0 Å². The van der Waals surface area contributed by atoms with Gasteiger partial charge in [-0.2, -0.15) is 0 Å². The van der Waals surface area contributed by atoms with Crippen molar-refractivity contribution in [2.45, 2.75) is 0 Å². The van der Waals surface area contributed by atoms with Crippen molar-refractivity contribution < 1.29 is 9.47 Å². The van der Waals surface area contributed by atoms with E-state index in [1.165, 1.54) is 0 Å². The van der Waals surface area contributed by atoms with Gasteiger partial charge >= 0.3 is 0 Å². The Labute approximate surface area is 128 Å². The number of rotatable bonds is 3. The second-order valence-corrected chi connectivity index (χ2v) is 4.99. The molecule has 0 aliphatic rings. The number of hydrogen-bond donors (Lipinski definition) is 0. The molecule has 106 valence electrons. The molecule has 0 amide bonds. The van der Waals surface area contributed by atoms with E-state index in [4.69, 9.17) is 21.1 Å². The summed E-state index contributed by atoms with van der Waals surface area (Å²) in [7, 11) is 3.29. The van der Waals surface area contributed by atoms with Crippen LogP contribution in [0.3, 0.4) is 0 Å². The predicted octanol–water partition coefficient (Wildman–Crippen LogP) is 4.57. The van der Waals surface area contributed by atoms with Crippen LogP contribution in [0, 0.1) is 0 Å². The van der Waals surface area contributed by atoms with Crippen molar-refractivity contribution in [2.75, 3.05) is 14.2 Å². The summed E-state index contributed by atoms with van der Waals surface area (Å²) >= 11 is 6.15. The van der Waals surface area contributed by atoms with Crippen LogP contribution in [0.5, 0.6) is 11.5 Å². The minimum absolute atomic E-state index is 0.460. The van der Waals surface area contributed by atoms with Gasteiger partial charge in [-0.25, -0.2) is 4.98 Å². The lowest BCUT2D eigenvalue weighted by Gasteiger charge is -2.09. The first-order valence-electron chi connectivity index (χ1n) is 6.50. The average molecular weight is 300 g/mol. The Morgan fingerprint density at radius 3 is 2.19 bits per heavy atom. The molecule has 0 radical (unpaired) electrons. The third-order valence-electron chi connectivity index (χ3n) is 3.39. The molecule has 3 nitrogen and oxygen atoms in total. The van der Waals surface area contributed by atoms with Gasteiger partial charge in [0.2, 0.25) is 0 Å². The number of benzene rings is 2. The van der Waals surface area contributed by atoms with Gasteiger partial charge in [-0.1, -0.05) is 23.7 Å². The van der Waals surface area contributed by atoms with Gasteiger partial charge in [-0.3, -0.25) is 0 Å². The highest BCUT2D eigenvalue weighted by Gasteiger charge is 2.08. The Kier molecular flexibility index (Phi) is 3.67. The molecule has 21 heavy (non-hydrogen) atoms. The molecule has 0 atom stereocenters. The second kappa shape index (κ2) is 5.62. The van der Waals surface area contributed by atoms with E-state index >= 15 is 0 Å². The summed E-state index contributed by atoms with van der Waals surface area (Å²) < 4.78 is 10.4. The summed E-state index contributed by atoms with van der Waals surface area (Å²) in [5.41, 5.74) is 2.92. The minimum atomic E-state index is 0.460. The molecule has 0 saturated heterocycles. The van der Waals surface area contributed by atoms with Gasteiger partial charge in [-0.05, 0) is 41.5 Å². The lowest BCUT2D eigenvalue weighted by Crippen LogP contribution is -1.89. The zero-order chi connectivity index (χ0) is 14.8. The Hall–Kier alpha value is -2.26. The van der Waals surface area contributed by atoms with Crippen molar-refractivity contribution in [1.29, 1.82) is 0 Å². The Morgan fingerprint density at radius 2 is 1.52 bits per heavy atom.